The first-order valence-corrected chi connectivity index (χ1v) is 7.32. The molecule has 5 nitrogen and oxygen atoms in total. The van der Waals surface area contributed by atoms with Gasteiger partial charge in [0.2, 0.25) is 11.8 Å². The van der Waals surface area contributed by atoms with Gasteiger partial charge in [0.1, 0.15) is 5.92 Å². The standard InChI is InChI=1S/C16H14ClN3O2/c17-13-4-1-3-11(7-13)14(12(9-18)10-19)8-16(22)20-6-2-5-15(20)21/h1,3-4,7,12,14H,2,5-6,8H2/t14-/m1/s1. The summed E-state index contributed by atoms with van der Waals surface area (Å²) in [6.45, 7) is 0.406. The Bertz CT molecular complexity index is 661. The number of carbonyl (C=O) groups excluding carboxylic acids is 2. The van der Waals surface area contributed by atoms with Crippen molar-refractivity contribution in [3.63, 3.8) is 0 Å². The van der Waals surface area contributed by atoms with Crippen molar-refractivity contribution < 1.29 is 9.59 Å². The zero-order chi connectivity index (χ0) is 16.1. The van der Waals surface area contributed by atoms with Crippen molar-refractivity contribution in [1.29, 1.82) is 10.5 Å². The number of nitriles is 2. The lowest BCUT2D eigenvalue weighted by Crippen LogP contribution is -2.33. The molecule has 1 atom stereocenters. The predicted molar refractivity (Wildman–Crippen MR) is 79.5 cm³/mol. The van der Waals surface area contributed by atoms with Crippen LogP contribution in [0.2, 0.25) is 5.02 Å². The first-order chi connectivity index (χ1) is 10.6. The molecule has 0 saturated carbocycles. The quantitative estimate of drug-likeness (QED) is 0.854. The molecule has 0 radical (unpaired) electrons. The Kier molecular flexibility index (Phi) is 5.14. The van der Waals surface area contributed by atoms with E-state index in [-0.39, 0.29) is 18.2 Å². The highest BCUT2D eigenvalue weighted by Gasteiger charge is 2.32. The number of nitrogens with zero attached hydrogens (tertiary/aromatic N) is 3. The van der Waals surface area contributed by atoms with Crippen LogP contribution in [0.25, 0.3) is 0 Å². The van der Waals surface area contributed by atoms with Gasteiger partial charge in [-0.25, -0.2) is 0 Å². The Hall–Kier alpha value is -2.37. The Balaban J connectivity index is 2.26. The average Bonchev–Trinajstić information content (AvgIpc) is 2.93. The van der Waals surface area contributed by atoms with Gasteiger partial charge < -0.3 is 0 Å². The monoisotopic (exact) mass is 315 g/mol. The van der Waals surface area contributed by atoms with E-state index in [0.29, 0.717) is 30.0 Å². The minimum Gasteiger partial charge on any atom is -0.283 e. The number of benzene rings is 1. The third kappa shape index (κ3) is 3.44. The van der Waals surface area contributed by atoms with Crippen molar-refractivity contribution in [1.82, 2.24) is 4.90 Å². The van der Waals surface area contributed by atoms with Gasteiger partial charge in [0.05, 0.1) is 12.1 Å². The number of likely N-dealkylation sites (tertiary alicyclic amines) is 1. The lowest BCUT2D eigenvalue weighted by molar-refractivity contribution is -0.142. The van der Waals surface area contributed by atoms with E-state index < -0.39 is 11.8 Å². The van der Waals surface area contributed by atoms with Crippen LogP contribution in [-0.2, 0) is 9.59 Å². The van der Waals surface area contributed by atoms with Crippen LogP contribution in [0.3, 0.4) is 0 Å². The molecule has 1 fully saturated rings. The first-order valence-electron chi connectivity index (χ1n) is 6.94. The largest absolute Gasteiger partial charge is 0.283 e. The molecule has 1 aliphatic rings. The van der Waals surface area contributed by atoms with Crippen molar-refractivity contribution in [2.45, 2.75) is 25.2 Å². The Morgan fingerprint density at radius 2 is 2.09 bits per heavy atom. The van der Waals surface area contributed by atoms with Crippen LogP contribution in [0, 0.1) is 28.6 Å². The van der Waals surface area contributed by atoms with E-state index in [2.05, 4.69) is 0 Å². The van der Waals surface area contributed by atoms with Crippen LogP contribution < -0.4 is 0 Å². The summed E-state index contributed by atoms with van der Waals surface area (Å²) in [5, 5.41) is 18.8. The maximum Gasteiger partial charge on any atom is 0.229 e. The topological polar surface area (TPSA) is 85.0 Å². The van der Waals surface area contributed by atoms with E-state index >= 15 is 0 Å². The van der Waals surface area contributed by atoms with Crippen LogP contribution >= 0.6 is 11.6 Å². The zero-order valence-electron chi connectivity index (χ0n) is 11.8. The Labute approximate surface area is 133 Å². The molecule has 1 aromatic carbocycles. The van der Waals surface area contributed by atoms with Crippen molar-refractivity contribution in [2.24, 2.45) is 5.92 Å². The molecular formula is C16H14ClN3O2. The lowest BCUT2D eigenvalue weighted by atomic mass is 9.84. The molecule has 2 amide bonds. The summed E-state index contributed by atoms with van der Waals surface area (Å²) in [5.74, 6) is -2.11. The zero-order valence-corrected chi connectivity index (χ0v) is 12.6. The summed E-state index contributed by atoms with van der Waals surface area (Å²) in [5.41, 5.74) is 0.653. The van der Waals surface area contributed by atoms with Gasteiger partial charge in [-0.15, -0.1) is 0 Å². The molecule has 112 valence electrons. The maximum atomic E-state index is 12.3. The number of imide groups is 1. The van der Waals surface area contributed by atoms with Crippen LogP contribution in [0.4, 0.5) is 0 Å². The fourth-order valence-electron chi connectivity index (χ4n) is 2.58. The number of rotatable bonds is 4. The molecule has 0 aliphatic carbocycles. The van der Waals surface area contributed by atoms with E-state index in [9.17, 15) is 9.59 Å². The summed E-state index contributed by atoms with van der Waals surface area (Å²) >= 11 is 5.95. The molecule has 1 aromatic rings. The molecule has 1 saturated heterocycles. The van der Waals surface area contributed by atoms with E-state index in [1.165, 1.54) is 4.90 Å². The summed E-state index contributed by atoms with van der Waals surface area (Å²) in [6, 6.07) is 10.6. The number of hydrogen-bond acceptors (Lipinski definition) is 4. The highest BCUT2D eigenvalue weighted by atomic mass is 35.5. The minimum atomic E-state index is -0.972. The van der Waals surface area contributed by atoms with Gasteiger partial charge in [0.25, 0.3) is 0 Å². The van der Waals surface area contributed by atoms with E-state index in [0.717, 1.165) is 0 Å². The van der Waals surface area contributed by atoms with Gasteiger partial charge in [-0.2, -0.15) is 10.5 Å². The fraction of sp³-hybridized carbons (Fsp3) is 0.375. The van der Waals surface area contributed by atoms with Gasteiger partial charge >= 0.3 is 0 Å². The third-order valence-electron chi connectivity index (χ3n) is 3.73. The van der Waals surface area contributed by atoms with Gasteiger partial charge in [-0.05, 0) is 24.1 Å². The highest BCUT2D eigenvalue weighted by Crippen LogP contribution is 2.30. The minimum absolute atomic E-state index is 0.0577. The lowest BCUT2D eigenvalue weighted by Gasteiger charge is -2.21. The first kappa shape index (κ1) is 16.0. The van der Waals surface area contributed by atoms with Crippen molar-refractivity contribution in [3.8, 4) is 12.1 Å². The maximum absolute atomic E-state index is 12.3. The molecular weight excluding hydrogens is 302 g/mol. The molecule has 0 spiro atoms. The van der Waals surface area contributed by atoms with Gasteiger partial charge in [-0.1, -0.05) is 23.7 Å². The van der Waals surface area contributed by atoms with Crippen LogP contribution in [0.5, 0.6) is 0 Å². The fourth-order valence-corrected chi connectivity index (χ4v) is 2.78. The van der Waals surface area contributed by atoms with Crippen molar-refractivity contribution in [3.05, 3.63) is 34.9 Å². The summed E-state index contributed by atoms with van der Waals surface area (Å²) in [6.07, 6.45) is 0.970. The van der Waals surface area contributed by atoms with Gasteiger partial charge in [0, 0.05) is 30.3 Å². The molecule has 22 heavy (non-hydrogen) atoms. The molecule has 6 heteroatoms. The molecule has 0 bridgehead atoms. The molecule has 1 heterocycles. The van der Waals surface area contributed by atoms with Crippen LogP contribution in [-0.4, -0.2) is 23.3 Å². The smallest absolute Gasteiger partial charge is 0.229 e. The molecule has 2 rings (SSSR count). The number of halogens is 1. The summed E-state index contributed by atoms with van der Waals surface area (Å²) in [4.78, 5) is 25.2. The Morgan fingerprint density at radius 3 is 2.64 bits per heavy atom. The second-order valence-corrected chi connectivity index (χ2v) is 5.58. The molecule has 0 unspecified atom stereocenters. The second-order valence-electron chi connectivity index (χ2n) is 5.14. The second kappa shape index (κ2) is 7.06. The highest BCUT2D eigenvalue weighted by molar-refractivity contribution is 6.30. The van der Waals surface area contributed by atoms with Crippen molar-refractivity contribution >= 4 is 23.4 Å². The predicted octanol–water partition coefficient (Wildman–Crippen LogP) is 2.63. The molecule has 0 aromatic heterocycles. The van der Waals surface area contributed by atoms with Crippen molar-refractivity contribution in [2.75, 3.05) is 6.54 Å². The number of hydrogen-bond donors (Lipinski definition) is 0. The number of carbonyl (C=O) groups is 2. The normalized spacial score (nSPS) is 15.5. The Morgan fingerprint density at radius 1 is 1.36 bits per heavy atom. The molecule has 0 N–H and O–H groups in total. The number of amides is 2. The van der Waals surface area contributed by atoms with Gasteiger partial charge in [-0.3, -0.25) is 14.5 Å². The van der Waals surface area contributed by atoms with E-state index in [4.69, 9.17) is 22.1 Å². The van der Waals surface area contributed by atoms with E-state index in [1.54, 1.807) is 24.3 Å². The summed E-state index contributed by atoms with van der Waals surface area (Å²) in [7, 11) is 0. The van der Waals surface area contributed by atoms with Gasteiger partial charge in [0.15, 0.2) is 0 Å². The molecule has 1 aliphatic heterocycles. The van der Waals surface area contributed by atoms with E-state index in [1.807, 2.05) is 12.1 Å². The summed E-state index contributed by atoms with van der Waals surface area (Å²) < 4.78 is 0. The van der Waals surface area contributed by atoms with Crippen LogP contribution in [0.1, 0.15) is 30.7 Å². The van der Waals surface area contributed by atoms with Crippen LogP contribution in [0.15, 0.2) is 24.3 Å². The SMILES string of the molecule is N#CC(C#N)[C@H](CC(=O)N1CCCC1=O)c1cccc(Cl)c1. The third-order valence-corrected chi connectivity index (χ3v) is 3.96. The average molecular weight is 316 g/mol.